The Bertz CT molecular complexity index is 1040. The van der Waals surface area contributed by atoms with Crippen molar-refractivity contribution in [3.05, 3.63) is 76.0 Å². The van der Waals surface area contributed by atoms with Crippen molar-refractivity contribution in [2.24, 2.45) is 0 Å². The average molecular weight is 438 g/mol. The molecule has 1 heterocycles. The number of nitrogens with one attached hydrogen (secondary N) is 1. The molecule has 148 valence electrons. The number of aromatic nitrogens is 2. The van der Waals surface area contributed by atoms with Crippen LogP contribution in [0.3, 0.4) is 0 Å². The average Bonchev–Trinajstić information content (AvgIpc) is 3.10. The van der Waals surface area contributed by atoms with Crippen molar-refractivity contribution in [1.29, 1.82) is 0 Å². The smallest absolute Gasteiger partial charge is 0.261 e. The van der Waals surface area contributed by atoms with Gasteiger partial charge in [0.15, 0.2) is 0 Å². The van der Waals surface area contributed by atoms with Gasteiger partial charge in [-0.15, -0.1) is 0 Å². The monoisotopic (exact) mass is 437 g/mol. The Morgan fingerprint density at radius 2 is 1.75 bits per heavy atom. The van der Waals surface area contributed by atoms with Crippen LogP contribution in [0.4, 0.5) is 5.69 Å². The summed E-state index contributed by atoms with van der Waals surface area (Å²) in [7, 11) is -3.69. The first-order valence-corrected chi connectivity index (χ1v) is 11.1. The fraction of sp³-hybridized carbons (Fsp3) is 0.250. The van der Waals surface area contributed by atoms with E-state index in [0.717, 1.165) is 17.5 Å². The Balaban J connectivity index is 1.75. The van der Waals surface area contributed by atoms with Gasteiger partial charge in [0.1, 0.15) is 0 Å². The van der Waals surface area contributed by atoms with Gasteiger partial charge in [-0.1, -0.05) is 55.2 Å². The van der Waals surface area contributed by atoms with Crippen LogP contribution in [0.2, 0.25) is 10.0 Å². The van der Waals surface area contributed by atoms with Crippen LogP contribution < -0.4 is 4.72 Å². The summed E-state index contributed by atoms with van der Waals surface area (Å²) in [5.41, 5.74) is 2.21. The lowest BCUT2D eigenvalue weighted by molar-refractivity contribution is 0.601. The molecule has 0 saturated carbocycles. The van der Waals surface area contributed by atoms with Crippen molar-refractivity contribution in [3.8, 4) is 0 Å². The number of hydrogen-bond donors (Lipinski definition) is 1. The molecular formula is C20H21Cl2N3O2S. The van der Waals surface area contributed by atoms with Crippen LogP contribution in [0.1, 0.15) is 37.3 Å². The van der Waals surface area contributed by atoms with Crippen LogP contribution in [-0.2, 0) is 16.6 Å². The van der Waals surface area contributed by atoms with Crippen molar-refractivity contribution in [1.82, 2.24) is 9.78 Å². The minimum Gasteiger partial charge on any atom is -0.276 e. The van der Waals surface area contributed by atoms with Gasteiger partial charge >= 0.3 is 0 Å². The maximum Gasteiger partial charge on any atom is 0.261 e. The lowest BCUT2D eigenvalue weighted by atomic mass is 9.99. The summed E-state index contributed by atoms with van der Waals surface area (Å²) in [4.78, 5) is 0.210. The molecule has 0 aliphatic rings. The minimum absolute atomic E-state index is 0.210. The third kappa shape index (κ3) is 4.69. The molecule has 1 N–H and O–H groups in total. The number of rotatable bonds is 7. The molecule has 0 spiro atoms. The van der Waals surface area contributed by atoms with Crippen LogP contribution in [0, 0.1) is 0 Å². The number of benzene rings is 2. The highest BCUT2D eigenvalue weighted by molar-refractivity contribution is 7.92. The largest absolute Gasteiger partial charge is 0.276 e. The van der Waals surface area contributed by atoms with E-state index in [0.29, 0.717) is 28.2 Å². The van der Waals surface area contributed by atoms with Gasteiger partial charge in [0.25, 0.3) is 10.0 Å². The summed E-state index contributed by atoms with van der Waals surface area (Å²) in [5, 5.41) is 5.26. The van der Waals surface area contributed by atoms with E-state index in [1.54, 1.807) is 41.2 Å². The summed E-state index contributed by atoms with van der Waals surface area (Å²) in [6.45, 7) is 4.55. The molecule has 0 saturated heterocycles. The predicted octanol–water partition coefficient (Wildman–Crippen LogP) is 5.55. The number of nitrogens with zero attached hydrogens (tertiary/aromatic N) is 2. The number of halogens is 2. The summed E-state index contributed by atoms with van der Waals surface area (Å²) >= 11 is 12.4. The first kappa shape index (κ1) is 20.7. The standard InChI is InChI=1S/C20H21Cl2N3O2S/c1-3-14(2)15-7-9-17(10-8-15)28(26,27)24-16-11-23-25(12-16)13-18-19(21)5-4-6-20(18)22/h4-12,14,24H,3,13H2,1-2H3. The van der Waals surface area contributed by atoms with E-state index in [-0.39, 0.29) is 4.90 Å². The second-order valence-corrected chi connectivity index (χ2v) is 9.11. The van der Waals surface area contributed by atoms with Crippen molar-refractivity contribution < 1.29 is 8.42 Å². The predicted molar refractivity (Wildman–Crippen MR) is 114 cm³/mol. The minimum atomic E-state index is -3.69. The van der Waals surface area contributed by atoms with E-state index in [4.69, 9.17) is 23.2 Å². The van der Waals surface area contributed by atoms with E-state index in [1.165, 1.54) is 6.20 Å². The second-order valence-electron chi connectivity index (χ2n) is 6.61. The highest BCUT2D eigenvalue weighted by Gasteiger charge is 2.16. The maximum atomic E-state index is 12.6. The Morgan fingerprint density at radius 1 is 1.11 bits per heavy atom. The third-order valence-electron chi connectivity index (χ3n) is 4.64. The van der Waals surface area contributed by atoms with E-state index < -0.39 is 10.0 Å². The van der Waals surface area contributed by atoms with Crippen molar-refractivity contribution >= 4 is 38.9 Å². The summed E-state index contributed by atoms with van der Waals surface area (Å²) in [5.74, 6) is 0.388. The van der Waals surface area contributed by atoms with E-state index >= 15 is 0 Å². The highest BCUT2D eigenvalue weighted by atomic mass is 35.5. The molecule has 0 bridgehead atoms. The highest BCUT2D eigenvalue weighted by Crippen LogP contribution is 2.26. The van der Waals surface area contributed by atoms with Crippen LogP contribution in [0.15, 0.2) is 59.8 Å². The van der Waals surface area contributed by atoms with Gasteiger partial charge in [0.05, 0.1) is 23.3 Å². The zero-order chi connectivity index (χ0) is 20.3. The number of anilines is 1. The molecule has 1 atom stereocenters. The van der Waals surface area contributed by atoms with E-state index in [9.17, 15) is 8.42 Å². The van der Waals surface area contributed by atoms with Gasteiger partial charge in [-0.3, -0.25) is 9.40 Å². The molecule has 0 radical (unpaired) electrons. The summed E-state index contributed by atoms with van der Waals surface area (Å²) in [6.07, 6.45) is 4.06. The molecule has 28 heavy (non-hydrogen) atoms. The van der Waals surface area contributed by atoms with Gasteiger partial charge in [-0.2, -0.15) is 5.10 Å². The van der Waals surface area contributed by atoms with Gasteiger partial charge in [-0.05, 0) is 42.2 Å². The molecule has 2 aromatic carbocycles. The third-order valence-corrected chi connectivity index (χ3v) is 6.74. The lowest BCUT2D eigenvalue weighted by Crippen LogP contribution is -2.12. The number of sulfonamides is 1. The molecule has 1 aromatic heterocycles. The van der Waals surface area contributed by atoms with E-state index in [1.807, 2.05) is 12.1 Å². The second kappa shape index (κ2) is 8.55. The normalized spacial score (nSPS) is 12.7. The van der Waals surface area contributed by atoms with Gasteiger partial charge in [-0.25, -0.2) is 8.42 Å². The van der Waals surface area contributed by atoms with Crippen LogP contribution in [0.25, 0.3) is 0 Å². The van der Waals surface area contributed by atoms with Gasteiger partial charge in [0, 0.05) is 21.8 Å². The van der Waals surface area contributed by atoms with Crippen molar-refractivity contribution in [2.75, 3.05) is 4.72 Å². The topological polar surface area (TPSA) is 64.0 Å². The van der Waals surface area contributed by atoms with Crippen LogP contribution in [-0.4, -0.2) is 18.2 Å². The van der Waals surface area contributed by atoms with Gasteiger partial charge < -0.3 is 0 Å². The summed E-state index contributed by atoms with van der Waals surface area (Å²) < 4.78 is 29.4. The zero-order valence-corrected chi connectivity index (χ0v) is 17.9. The molecule has 3 rings (SSSR count). The molecule has 3 aromatic rings. The van der Waals surface area contributed by atoms with Gasteiger partial charge in [0.2, 0.25) is 0 Å². The molecule has 0 amide bonds. The van der Waals surface area contributed by atoms with Crippen LogP contribution in [0.5, 0.6) is 0 Å². The molecule has 0 aliphatic carbocycles. The van der Waals surface area contributed by atoms with Crippen molar-refractivity contribution in [3.63, 3.8) is 0 Å². The fourth-order valence-electron chi connectivity index (χ4n) is 2.77. The summed E-state index contributed by atoms with van der Waals surface area (Å²) in [6, 6.07) is 12.2. The molecule has 5 nitrogen and oxygen atoms in total. The Labute approximate surface area is 175 Å². The molecule has 1 unspecified atom stereocenters. The zero-order valence-electron chi connectivity index (χ0n) is 15.6. The Kier molecular flexibility index (Phi) is 6.33. The first-order valence-electron chi connectivity index (χ1n) is 8.88. The molecule has 0 aliphatic heterocycles. The Morgan fingerprint density at radius 3 is 2.36 bits per heavy atom. The quantitative estimate of drug-likeness (QED) is 0.526. The maximum absolute atomic E-state index is 12.6. The fourth-order valence-corrected chi connectivity index (χ4v) is 4.32. The van der Waals surface area contributed by atoms with Crippen LogP contribution >= 0.6 is 23.2 Å². The SMILES string of the molecule is CCC(C)c1ccc(S(=O)(=O)Nc2cnn(Cc3c(Cl)cccc3Cl)c2)cc1. The lowest BCUT2D eigenvalue weighted by Gasteiger charge is -2.10. The van der Waals surface area contributed by atoms with E-state index in [2.05, 4.69) is 23.7 Å². The van der Waals surface area contributed by atoms with Crippen molar-refractivity contribution in [2.45, 2.75) is 37.6 Å². The number of hydrogen-bond acceptors (Lipinski definition) is 3. The molecular weight excluding hydrogens is 417 g/mol. The first-order chi connectivity index (χ1) is 13.3. The Hall–Kier alpha value is -2.02. The molecule has 0 fully saturated rings. The molecule has 8 heteroatoms.